The highest BCUT2D eigenvalue weighted by Gasteiger charge is 2.59. The normalized spacial score (nSPS) is 27.8. The van der Waals surface area contributed by atoms with Crippen LogP contribution in [0.5, 0.6) is 0 Å². The summed E-state index contributed by atoms with van der Waals surface area (Å²) in [5, 5.41) is 1.18. The van der Waals surface area contributed by atoms with Gasteiger partial charge in [0.25, 0.3) is 0 Å². The Morgan fingerprint density at radius 1 is 1.14 bits per heavy atom. The van der Waals surface area contributed by atoms with Gasteiger partial charge in [-0.25, -0.2) is 8.42 Å². The number of rotatable bonds is 6. The average Bonchev–Trinajstić information content (AvgIpc) is 2.98. The minimum Gasteiger partial charge on any atom is -0.463 e. The second-order valence-electron chi connectivity index (χ2n) is 12.2. The first-order valence-corrected chi connectivity index (χ1v) is 16.4. The molecule has 2 aromatic carbocycles. The molecule has 4 aliphatic rings. The molecule has 0 N–H and O–H groups in total. The number of halogens is 1. The number of likely N-dealkylation sites (tertiary alicyclic amines) is 1. The van der Waals surface area contributed by atoms with Gasteiger partial charge in [-0.05, 0) is 66.1 Å². The van der Waals surface area contributed by atoms with Gasteiger partial charge in [-0.2, -0.15) is 0 Å². The SMILES string of the molecule is CC(=O)OCC12CC(S(=O)(=O)c3ccc4cc(Cl)ccc4c3)CC(=O)C1CC1(CCN(CN3C=CN=CC3)CC1)CO2. The highest BCUT2D eigenvalue weighted by molar-refractivity contribution is 7.92. The third-order valence-corrected chi connectivity index (χ3v) is 11.8. The Hall–Kier alpha value is -2.79. The number of sulfone groups is 1. The van der Waals surface area contributed by atoms with E-state index in [9.17, 15) is 18.0 Å². The van der Waals surface area contributed by atoms with Crippen molar-refractivity contribution in [3.8, 4) is 0 Å². The Morgan fingerprint density at radius 3 is 2.64 bits per heavy atom. The van der Waals surface area contributed by atoms with Crippen molar-refractivity contribution in [1.82, 2.24) is 9.80 Å². The van der Waals surface area contributed by atoms with E-state index in [1.807, 2.05) is 12.4 Å². The Morgan fingerprint density at radius 2 is 1.90 bits per heavy atom. The number of esters is 1. The van der Waals surface area contributed by atoms with Gasteiger partial charge in [-0.15, -0.1) is 0 Å². The first-order valence-electron chi connectivity index (χ1n) is 14.5. The summed E-state index contributed by atoms with van der Waals surface area (Å²) in [6.07, 6.45) is 8.08. The third kappa shape index (κ3) is 5.74. The highest BCUT2D eigenvalue weighted by Crippen LogP contribution is 2.52. The van der Waals surface area contributed by atoms with E-state index in [4.69, 9.17) is 21.1 Å². The topological polar surface area (TPSA) is 106 Å². The summed E-state index contributed by atoms with van der Waals surface area (Å²) in [4.78, 5) is 34.6. The van der Waals surface area contributed by atoms with Crippen LogP contribution in [0.15, 0.2) is 58.7 Å². The predicted octanol–water partition coefficient (Wildman–Crippen LogP) is 4.23. The summed E-state index contributed by atoms with van der Waals surface area (Å²) in [5.41, 5.74) is -1.33. The van der Waals surface area contributed by atoms with Gasteiger partial charge in [0.05, 0.1) is 35.9 Å². The standard InChI is InChI=1S/C31H36ClN3O6S/c1-22(36)40-20-31-17-27(42(38,39)26-5-3-23-14-25(32)4-2-24(23)15-26)16-29(37)28(31)18-30(19-41-31)6-10-34(11-7-30)21-35-12-8-33-9-13-35/h2-5,8-9,12,14-15,27-28H,6-7,10-11,13,16-21H2,1H3. The number of Topliss-reactive ketones (excluding diaryl/α,β-unsaturated/α-hetero) is 1. The fourth-order valence-electron chi connectivity index (χ4n) is 7.00. The smallest absolute Gasteiger partial charge is 0.302 e. The lowest BCUT2D eigenvalue weighted by Crippen LogP contribution is -2.62. The van der Waals surface area contributed by atoms with Crippen molar-refractivity contribution in [2.24, 2.45) is 16.3 Å². The van der Waals surface area contributed by atoms with E-state index >= 15 is 0 Å². The molecule has 0 amide bonds. The number of ketones is 1. The molecule has 3 fully saturated rings. The molecule has 3 aliphatic heterocycles. The lowest BCUT2D eigenvalue weighted by Gasteiger charge is -2.55. The van der Waals surface area contributed by atoms with Crippen molar-refractivity contribution < 1.29 is 27.5 Å². The minimum atomic E-state index is -3.88. The monoisotopic (exact) mass is 613 g/mol. The zero-order valence-corrected chi connectivity index (χ0v) is 25.3. The molecule has 3 unspecified atom stereocenters. The van der Waals surface area contributed by atoms with Crippen LogP contribution in [-0.4, -0.2) is 86.6 Å². The molecule has 1 aliphatic carbocycles. The molecule has 224 valence electrons. The molecule has 11 heteroatoms. The number of piperidine rings is 1. The number of nitrogens with zero attached hydrogens (tertiary/aromatic N) is 3. The fraction of sp³-hybridized carbons (Fsp3) is 0.516. The molecule has 9 nitrogen and oxygen atoms in total. The first-order chi connectivity index (χ1) is 20.1. The molecule has 0 bridgehead atoms. The van der Waals surface area contributed by atoms with Crippen LogP contribution in [0.25, 0.3) is 10.8 Å². The number of aliphatic imine (C=N–C) groups is 1. The van der Waals surface area contributed by atoms with Crippen LogP contribution in [0.4, 0.5) is 0 Å². The van der Waals surface area contributed by atoms with E-state index in [-0.39, 0.29) is 35.5 Å². The van der Waals surface area contributed by atoms with E-state index < -0.39 is 32.6 Å². The van der Waals surface area contributed by atoms with E-state index in [0.717, 1.165) is 49.9 Å². The fourth-order valence-corrected chi connectivity index (χ4v) is 9.00. The Labute approximate surface area is 251 Å². The van der Waals surface area contributed by atoms with E-state index in [2.05, 4.69) is 14.8 Å². The molecule has 6 rings (SSSR count). The van der Waals surface area contributed by atoms with E-state index in [1.165, 1.54) is 6.92 Å². The van der Waals surface area contributed by atoms with Gasteiger partial charge in [0, 0.05) is 50.1 Å². The van der Waals surface area contributed by atoms with Gasteiger partial charge in [-0.1, -0.05) is 23.7 Å². The van der Waals surface area contributed by atoms with Gasteiger partial charge in [-0.3, -0.25) is 19.5 Å². The first kappa shape index (κ1) is 29.3. The van der Waals surface area contributed by atoms with Gasteiger partial charge < -0.3 is 14.4 Å². The molecule has 0 aromatic heterocycles. The van der Waals surface area contributed by atoms with Gasteiger partial charge in [0.15, 0.2) is 9.84 Å². The summed E-state index contributed by atoms with van der Waals surface area (Å²) in [5.74, 6) is -1.14. The molecule has 3 heterocycles. The van der Waals surface area contributed by atoms with Crippen molar-refractivity contribution in [2.45, 2.75) is 54.8 Å². The summed E-state index contributed by atoms with van der Waals surface area (Å²) < 4.78 is 39.9. The molecule has 42 heavy (non-hydrogen) atoms. The maximum atomic E-state index is 13.9. The second-order valence-corrected chi connectivity index (χ2v) is 14.9. The van der Waals surface area contributed by atoms with Crippen LogP contribution in [0.3, 0.4) is 0 Å². The van der Waals surface area contributed by atoms with Crippen LogP contribution < -0.4 is 0 Å². The van der Waals surface area contributed by atoms with Gasteiger partial charge in [0.2, 0.25) is 0 Å². The lowest BCUT2D eigenvalue weighted by atomic mass is 9.62. The van der Waals surface area contributed by atoms with Crippen LogP contribution >= 0.6 is 11.6 Å². The molecule has 1 saturated carbocycles. The molecule has 3 atom stereocenters. The van der Waals surface area contributed by atoms with Crippen molar-refractivity contribution >= 4 is 50.2 Å². The summed E-state index contributed by atoms with van der Waals surface area (Å²) >= 11 is 6.10. The van der Waals surface area contributed by atoms with Crippen LogP contribution in [-0.2, 0) is 28.9 Å². The number of fused-ring (bicyclic) bond motifs is 2. The van der Waals surface area contributed by atoms with Crippen LogP contribution in [0, 0.1) is 11.3 Å². The zero-order chi connectivity index (χ0) is 29.5. The second kappa shape index (κ2) is 11.4. The molecule has 2 saturated heterocycles. The molecular weight excluding hydrogens is 578 g/mol. The number of carbonyl (C=O) groups is 2. The molecule has 0 radical (unpaired) electrons. The summed E-state index contributed by atoms with van der Waals surface area (Å²) in [6.45, 7) is 4.96. The molecular formula is C31H36ClN3O6S. The maximum Gasteiger partial charge on any atom is 0.302 e. The summed E-state index contributed by atoms with van der Waals surface area (Å²) in [7, 11) is -3.88. The number of carbonyl (C=O) groups excluding carboxylic acids is 2. The number of hydrogen-bond donors (Lipinski definition) is 0. The summed E-state index contributed by atoms with van der Waals surface area (Å²) in [6, 6.07) is 10.2. The van der Waals surface area contributed by atoms with Gasteiger partial charge in [0.1, 0.15) is 18.0 Å². The highest BCUT2D eigenvalue weighted by atomic mass is 35.5. The quantitative estimate of drug-likeness (QED) is 0.446. The van der Waals surface area contributed by atoms with Crippen LogP contribution in [0.2, 0.25) is 5.02 Å². The number of benzene rings is 2. The van der Waals surface area contributed by atoms with Crippen molar-refractivity contribution in [2.75, 3.05) is 39.5 Å². The number of ether oxygens (including phenoxy) is 2. The zero-order valence-electron chi connectivity index (χ0n) is 23.7. The molecule has 1 spiro atoms. The Kier molecular flexibility index (Phi) is 7.93. The Bertz CT molecular complexity index is 1550. The number of hydrogen-bond acceptors (Lipinski definition) is 9. The van der Waals surface area contributed by atoms with Crippen molar-refractivity contribution in [3.63, 3.8) is 0 Å². The van der Waals surface area contributed by atoms with Crippen molar-refractivity contribution in [1.29, 1.82) is 0 Å². The third-order valence-electron chi connectivity index (χ3n) is 9.47. The maximum absolute atomic E-state index is 13.9. The Balaban J connectivity index is 1.21. The predicted molar refractivity (Wildman–Crippen MR) is 160 cm³/mol. The largest absolute Gasteiger partial charge is 0.463 e. The van der Waals surface area contributed by atoms with E-state index in [1.54, 1.807) is 42.6 Å². The van der Waals surface area contributed by atoms with Gasteiger partial charge >= 0.3 is 5.97 Å². The van der Waals surface area contributed by atoms with Crippen LogP contribution in [0.1, 0.15) is 39.0 Å². The van der Waals surface area contributed by atoms with E-state index in [0.29, 0.717) is 18.1 Å². The van der Waals surface area contributed by atoms with Crippen molar-refractivity contribution in [3.05, 3.63) is 53.8 Å². The average molecular weight is 614 g/mol. The molecule has 2 aromatic rings. The minimum absolute atomic E-state index is 0.0815. The lowest BCUT2D eigenvalue weighted by molar-refractivity contribution is -0.214.